The molecular formula is C14H21ClN2O. The zero-order chi connectivity index (χ0) is 13.9. The van der Waals surface area contributed by atoms with Crippen LogP contribution in [-0.2, 0) is 18.3 Å². The summed E-state index contributed by atoms with van der Waals surface area (Å²) in [5.74, 6) is 0.395. The fourth-order valence-corrected chi connectivity index (χ4v) is 3.37. The number of hydrogen-bond acceptors (Lipinski definition) is 2. The maximum atomic E-state index is 12.4. The Morgan fingerprint density at radius 1 is 1.33 bits per heavy atom. The molecule has 1 saturated carbocycles. The molecule has 0 aliphatic heterocycles. The van der Waals surface area contributed by atoms with Crippen molar-refractivity contribution in [2.45, 2.75) is 41.0 Å². The number of Topliss-reactive ketones (excluding diaryl/α,β-unsaturated/α-hetero) is 1. The third-order valence-electron chi connectivity index (χ3n) is 4.95. The molecule has 2 rings (SSSR count). The van der Waals surface area contributed by atoms with Crippen LogP contribution in [0.15, 0.2) is 0 Å². The third-order valence-corrected chi connectivity index (χ3v) is 5.44. The Hall–Kier alpha value is -0.830. The highest BCUT2D eigenvalue weighted by Crippen LogP contribution is 2.68. The lowest BCUT2D eigenvalue weighted by Crippen LogP contribution is -2.13. The molecular weight excluding hydrogens is 248 g/mol. The summed E-state index contributed by atoms with van der Waals surface area (Å²) in [6, 6.07) is 0. The molecule has 1 fully saturated rings. The first-order valence-corrected chi connectivity index (χ1v) is 6.69. The van der Waals surface area contributed by atoms with Gasteiger partial charge in [0.1, 0.15) is 5.78 Å². The number of carbonyl (C=O) groups excluding carboxylic acids is 1. The molecule has 1 aliphatic rings. The summed E-state index contributed by atoms with van der Waals surface area (Å²) in [5.41, 5.74) is 1.79. The molecule has 0 radical (unpaired) electrons. The van der Waals surface area contributed by atoms with Gasteiger partial charge in [-0.25, -0.2) is 0 Å². The Morgan fingerprint density at radius 3 is 2.17 bits per heavy atom. The molecule has 1 heterocycles. The van der Waals surface area contributed by atoms with Crippen molar-refractivity contribution in [3.05, 3.63) is 16.4 Å². The molecule has 0 N–H and O–H groups in total. The number of rotatable bonds is 3. The predicted molar refractivity (Wildman–Crippen MR) is 72.7 cm³/mol. The Labute approximate surface area is 114 Å². The number of halogens is 1. The van der Waals surface area contributed by atoms with Crippen LogP contribution in [0.1, 0.15) is 39.1 Å². The Balaban J connectivity index is 2.20. The predicted octanol–water partition coefficient (Wildman–Crippen LogP) is 3.18. The van der Waals surface area contributed by atoms with Crippen molar-refractivity contribution in [2.75, 3.05) is 0 Å². The monoisotopic (exact) mass is 268 g/mol. The van der Waals surface area contributed by atoms with Gasteiger partial charge in [0.25, 0.3) is 0 Å². The fourth-order valence-electron chi connectivity index (χ4n) is 3.14. The highest BCUT2D eigenvalue weighted by Gasteiger charge is 2.67. The van der Waals surface area contributed by atoms with Crippen LogP contribution in [0.3, 0.4) is 0 Å². The maximum absolute atomic E-state index is 12.4. The van der Waals surface area contributed by atoms with Crippen LogP contribution in [0.4, 0.5) is 0 Å². The normalized spacial score (nSPS) is 21.1. The second-order valence-corrected chi connectivity index (χ2v) is 6.87. The van der Waals surface area contributed by atoms with Crippen molar-refractivity contribution in [2.24, 2.45) is 23.8 Å². The van der Waals surface area contributed by atoms with Gasteiger partial charge in [0.05, 0.1) is 22.8 Å². The fraction of sp³-hybridized carbons (Fsp3) is 0.714. The average molecular weight is 269 g/mol. The lowest BCUT2D eigenvalue weighted by atomic mass is 10.0. The molecule has 0 bridgehead atoms. The molecule has 0 aromatic carbocycles. The van der Waals surface area contributed by atoms with E-state index in [-0.39, 0.29) is 22.5 Å². The van der Waals surface area contributed by atoms with Crippen LogP contribution in [-0.4, -0.2) is 15.6 Å². The Bertz CT molecular complexity index is 500. The topological polar surface area (TPSA) is 34.9 Å². The molecule has 4 heteroatoms. The maximum Gasteiger partial charge on any atom is 0.143 e. The van der Waals surface area contributed by atoms with E-state index in [0.29, 0.717) is 11.4 Å². The number of nitrogens with zero attached hydrogens (tertiary/aromatic N) is 2. The molecule has 100 valence electrons. The highest BCUT2D eigenvalue weighted by atomic mass is 35.5. The Kier molecular flexibility index (Phi) is 2.89. The third kappa shape index (κ3) is 1.71. The largest absolute Gasteiger partial charge is 0.299 e. The van der Waals surface area contributed by atoms with Crippen molar-refractivity contribution >= 4 is 17.4 Å². The van der Waals surface area contributed by atoms with E-state index in [4.69, 9.17) is 11.6 Å². The molecule has 0 atom stereocenters. The summed E-state index contributed by atoms with van der Waals surface area (Å²) in [5, 5.41) is 4.88. The lowest BCUT2D eigenvalue weighted by molar-refractivity contribution is -0.120. The van der Waals surface area contributed by atoms with E-state index in [1.165, 1.54) is 0 Å². The zero-order valence-corrected chi connectivity index (χ0v) is 12.7. The molecule has 0 amide bonds. The number of aryl methyl sites for hydroxylation is 2. The van der Waals surface area contributed by atoms with Gasteiger partial charge in [-0.05, 0) is 17.8 Å². The van der Waals surface area contributed by atoms with Gasteiger partial charge in [-0.15, -0.1) is 0 Å². The van der Waals surface area contributed by atoms with Gasteiger partial charge in [-0.3, -0.25) is 9.48 Å². The lowest BCUT2D eigenvalue weighted by Gasteiger charge is -2.04. The number of ketones is 1. The van der Waals surface area contributed by atoms with Crippen molar-refractivity contribution in [1.82, 2.24) is 9.78 Å². The summed E-state index contributed by atoms with van der Waals surface area (Å²) in [7, 11) is 1.84. The minimum Gasteiger partial charge on any atom is -0.299 e. The van der Waals surface area contributed by atoms with Gasteiger partial charge in [-0.2, -0.15) is 5.10 Å². The first-order valence-electron chi connectivity index (χ1n) is 6.31. The minimum atomic E-state index is 0.0875. The standard InChI is InChI=1S/C14H21ClN2O/c1-8-11(15)9(17(6)16-8)7-10(18)12-13(2,3)14(12,4)5/h12H,7H2,1-6H3. The van der Waals surface area contributed by atoms with E-state index in [0.717, 1.165) is 11.4 Å². The molecule has 3 nitrogen and oxygen atoms in total. The summed E-state index contributed by atoms with van der Waals surface area (Å²) >= 11 is 6.19. The molecule has 1 aromatic heterocycles. The summed E-state index contributed by atoms with van der Waals surface area (Å²) in [6.07, 6.45) is 0.383. The number of hydrogen-bond donors (Lipinski definition) is 0. The molecule has 1 aliphatic carbocycles. The van der Waals surface area contributed by atoms with Crippen LogP contribution in [0.25, 0.3) is 0 Å². The number of aromatic nitrogens is 2. The first-order chi connectivity index (χ1) is 8.10. The van der Waals surface area contributed by atoms with Gasteiger partial charge in [0.2, 0.25) is 0 Å². The molecule has 0 spiro atoms. The summed E-state index contributed by atoms with van der Waals surface area (Å²) < 4.78 is 1.72. The van der Waals surface area contributed by atoms with Crippen LogP contribution < -0.4 is 0 Å². The van der Waals surface area contributed by atoms with E-state index in [1.807, 2.05) is 14.0 Å². The van der Waals surface area contributed by atoms with Crippen LogP contribution in [0, 0.1) is 23.7 Å². The second kappa shape index (κ2) is 3.83. The highest BCUT2D eigenvalue weighted by molar-refractivity contribution is 6.32. The van der Waals surface area contributed by atoms with Crippen molar-refractivity contribution in [3.63, 3.8) is 0 Å². The van der Waals surface area contributed by atoms with Crippen molar-refractivity contribution in [1.29, 1.82) is 0 Å². The second-order valence-electron chi connectivity index (χ2n) is 6.49. The molecule has 0 unspecified atom stereocenters. The average Bonchev–Trinajstić information content (AvgIpc) is 2.51. The quantitative estimate of drug-likeness (QED) is 0.844. The first kappa shape index (κ1) is 13.6. The van der Waals surface area contributed by atoms with Gasteiger partial charge in [0, 0.05) is 13.0 Å². The van der Waals surface area contributed by atoms with Gasteiger partial charge >= 0.3 is 0 Å². The van der Waals surface area contributed by atoms with E-state index >= 15 is 0 Å². The van der Waals surface area contributed by atoms with Crippen LogP contribution in [0.5, 0.6) is 0 Å². The zero-order valence-electron chi connectivity index (χ0n) is 12.0. The summed E-state index contributed by atoms with van der Waals surface area (Å²) in [6.45, 7) is 10.5. The SMILES string of the molecule is Cc1nn(C)c(CC(=O)C2C(C)(C)C2(C)C)c1Cl. The van der Waals surface area contributed by atoms with Crippen molar-refractivity contribution in [3.8, 4) is 0 Å². The van der Waals surface area contributed by atoms with Crippen LogP contribution in [0.2, 0.25) is 5.02 Å². The molecule has 1 aromatic rings. The number of carbonyl (C=O) groups is 1. The van der Waals surface area contributed by atoms with Gasteiger partial charge < -0.3 is 0 Å². The van der Waals surface area contributed by atoms with E-state index < -0.39 is 0 Å². The van der Waals surface area contributed by atoms with Gasteiger partial charge in [-0.1, -0.05) is 39.3 Å². The van der Waals surface area contributed by atoms with Crippen molar-refractivity contribution < 1.29 is 4.79 Å². The molecule has 0 saturated heterocycles. The van der Waals surface area contributed by atoms with Crippen LogP contribution >= 0.6 is 11.6 Å². The van der Waals surface area contributed by atoms with E-state index in [2.05, 4.69) is 32.8 Å². The molecule has 18 heavy (non-hydrogen) atoms. The van der Waals surface area contributed by atoms with E-state index in [1.54, 1.807) is 4.68 Å². The van der Waals surface area contributed by atoms with E-state index in [9.17, 15) is 4.79 Å². The minimum absolute atomic E-state index is 0.0875. The van der Waals surface area contributed by atoms with Gasteiger partial charge in [0.15, 0.2) is 0 Å². The smallest absolute Gasteiger partial charge is 0.143 e. The summed E-state index contributed by atoms with van der Waals surface area (Å²) in [4.78, 5) is 12.4. The Morgan fingerprint density at radius 2 is 1.83 bits per heavy atom.